The molecule has 2 amide bonds. The summed E-state index contributed by atoms with van der Waals surface area (Å²) in [7, 11) is 0. The molecule has 1 aromatic rings. The first-order valence-electron chi connectivity index (χ1n) is 11.7. The molecule has 4 unspecified atom stereocenters. The van der Waals surface area contributed by atoms with E-state index in [1.54, 1.807) is 17.2 Å². The van der Waals surface area contributed by atoms with Gasteiger partial charge in [-0.25, -0.2) is 4.98 Å². The topological polar surface area (TPSA) is 87.2 Å². The van der Waals surface area contributed by atoms with Gasteiger partial charge in [-0.15, -0.1) is 11.6 Å². The molecule has 170 valence electrons. The molecule has 1 aliphatic heterocycles. The van der Waals surface area contributed by atoms with Gasteiger partial charge in [0, 0.05) is 36.1 Å². The molecule has 7 nitrogen and oxygen atoms in total. The number of carbonyl (C=O) groups excluding carboxylic acids is 2. The Kier molecular flexibility index (Phi) is 6.70. The second kappa shape index (κ2) is 9.31. The predicted octanol–water partition coefficient (Wildman–Crippen LogP) is 3.59. The maximum atomic E-state index is 12.8. The van der Waals surface area contributed by atoms with Gasteiger partial charge in [0.2, 0.25) is 17.8 Å². The first-order chi connectivity index (χ1) is 14.8. The van der Waals surface area contributed by atoms with Gasteiger partial charge >= 0.3 is 0 Å². The second-order valence-corrected chi connectivity index (χ2v) is 10.5. The molecule has 0 spiro atoms. The average molecular weight is 448 g/mol. The molecule has 2 N–H and O–H groups in total. The van der Waals surface area contributed by atoms with Crippen molar-refractivity contribution in [2.75, 3.05) is 16.8 Å². The Balaban J connectivity index is 1.45. The number of nitrogens with one attached hydrogen (secondary N) is 2. The highest BCUT2D eigenvalue weighted by Gasteiger charge is 2.41. The summed E-state index contributed by atoms with van der Waals surface area (Å²) in [5.74, 6) is 2.06. The van der Waals surface area contributed by atoms with Crippen LogP contribution in [0.15, 0.2) is 12.3 Å². The van der Waals surface area contributed by atoms with Crippen molar-refractivity contribution in [1.82, 2.24) is 15.3 Å². The Labute approximate surface area is 189 Å². The summed E-state index contributed by atoms with van der Waals surface area (Å²) < 4.78 is 0. The van der Waals surface area contributed by atoms with Gasteiger partial charge in [-0.3, -0.25) is 14.5 Å². The molecule has 1 saturated heterocycles. The van der Waals surface area contributed by atoms with Crippen molar-refractivity contribution in [2.24, 2.45) is 23.7 Å². The number of halogens is 1. The van der Waals surface area contributed by atoms with Crippen LogP contribution in [-0.2, 0) is 9.59 Å². The van der Waals surface area contributed by atoms with Gasteiger partial charge in [0.25, 0.3) is 0 Å². The van der Waals surface area contributed by atoms with Crippen molar-refractivity contribution < 1.29 is 9.59 Å². The van der Waals surface area contributed by atoms with Gasteiger partial charge in [0.15, 0.2) is 0 Å². The zero-order valence-corrected chi connectivity index (χ0v) is 19.4. The normalized spacial score (nSPS) is 29.1. The molecule has 0 radical (unpaired) electrons. The lowest BCUT2D eigenvalue weighted by atomic mass is 9.74. The van der Waals surface area contributed by atoms with Gasteiger partial charge in [-0.1, -0.05) is 13.8 Å². The van der Waals surface area contributed by atoms with Crippen molar-refractivity contribution >= 4 is 35.2 Å². The van der Waals surface area contributed by atoms with Crippen molar-refractivity contribution in [2.45, 2.75) is 76.8 Å². The Morgan fingerprint density at radius 2 is 2.03 bits per heavy atom. The third kappa shape index (κ3) is 5.30. The molecule has 2 aliphatic carbocycles. The monoisotopic (exact) mass is 447 g/mol. The summed E-state index contributed by atoms with van der Waals surface area (Å²) in [6.45, 7) is 6.83. The Hall–Kier alpha value is -1.89. The fourth-order valence-electron chi connectivity index (χ4n) is 4.90. The first-order valence-corrected chi connectivity index (χ1v) is 12.1. The lowest BCUT2D eigenvalue weighted by Gasteiger charge is -2.42. The van der Waals surface area contributed by atoms with E-state index in [1.165, 1.54) is 0 Å². The highest BCUT2D eigenvalue weighted by atomic mass is 35.5. The minimum atomic E-state index is -0.157. The van der Waals surface area contributed by atoms with Crippen LogP contribution in [0.1, 0.15) is 59.3 Å². The molecule has 0 aromatic carbocycles. The van der Waals surface area contributed by atoms with E-state index in [4.69, 9.17) is 11.6 Å². The Morgan fingerprint density at radius 3 is 2.74 bits per heavy atom. The van der Waals surface area contributed by atoms with Crippen molar-refractivity contribution in [3.05, 3.63) is 12.3 Å². The van der Waals surface area contributed by atoms with Crippen molar-refractivity contribution in [3.63, 3.8) is 0 Å². The van der Waals surface area contributed by atoms with Crippen LogP contribution in [0.4, 0.5) is 11.8 Å². The van der Waals surface area contributed by atoms with E-state index < -0.39 is 0 Å². The quantitative estimate of drug-likeness (QED) is 0.623. The van der Waals surface area contributed by atoms with Crippen LogP contribution in [0.25, 0.3) is 0 Å². The summed E-state index contributed by atoms with van der Waals surface area (Å²) >= 11 is 6.38. The molecule has 5 atom stereocenters. The fourth-order valence-corrected chi connectivity index (χ4v) is 5.25. The predicted molar refractivity (Wildman–Crippen MR) is 122 cm³/mol. The van der Waals surface area contributed by atoms with E-state index in [-0.39, 0.29) is 41.1 Å². The minimum Gasteiger partial charge on any atom is -0.353 e. The standard InChI is InChI=1S/C23H34ClN5O2/c1-13(2)12-29(22(31)15-4-5-15)20-8-9-25-23(28-20)26-14(3)18-11-16-10-17(24)6-7-19(16)27-21(18)30/h8-9,13-19H,4-7,10-12H2,1-3H3,(H,27,30)(H,25,26,28)/t14-,16?,17?,18?,19?/m0/s1. The van der Waals surface area contributed by atoms with Crippen LogP contribution in [0, 0.1) is 23.7 Å². The third-order valence-electron chi connectivity index (χ3n) is 6.76. The van der Waals surface area contributed by atoms with E-state index in [2.05, 4.69) is 34.4 Å². The van der Waals surface area contributed by atoms with Gasteiger partial charge in [0.1, 0.15) is 5.82 Å². The van der Waals surface area contributed by atoms with Crippen LogP contribution in [0.2, 0.25) is 0 Å². The van der Waals surface area contributed by atoms with Gasteiger partial charge in [-0.2, -0.15) is 4.98 Å². The molecular weight excluding hydrogens is 414 g/mol. The summed E-state index contributed by atoms with van der Waals surface area (Å²) in [6, 6.07) is 1.92. The molecule has 31 heavy (non-hydrogen) atoms. The first kappa shape index (κ1) is 22.3. The second-order valence-electron chi connectivity index (χ2n) is 9.92. The number of alkyl halides is 1. The van der Waals surface area contributed by atoms with Gasteiger partial charge < -0.3 is 10.6 Å². The molecule has 1 aromatic heterocycles. The van der Waals surface area contributed by atoms with Gasteiger partial charge in [-0.05, 0) is 63.4 Å². The number of hydrogen-bond acceptors (Lipinski definition) is 5. The Morgan fingerprint density at radius 1 is 1.26 bits per heavy atom. The van der Waals surface area contributed by atoms with Crippen LogP contribution in [0.3, 0.4) is 0 Å². The molecule has 4 rings (SSSR count). The number of carbonyl (C=O) groups is 2. The zero-order chi connectivity index (χ0) is 22.1. The van der Waals surface area contributed by atoms with E-state index in [0.29, 0.717) is 30.1 Å². The Bertz CT molecular complexity index is 815. The number of rotatable bonds is 7. The van der Waals surface area contributed by atoms with Crippen LogP contribution in [0.5, 0.6) is 0 Å². The van der Waals surface area contributed by atoms with E-state index in [1.807, 2.05) is 6.92 Å². The number of fused-ring (bicyclic) bond motifs is 1. The summed E-state index contributed by atoms with van der Waals surface area (Å²) in [5.41, 5.74) is 0. The minimum absolute atomic E-state index is 0.0933. The van der Waals surface area contributed by atoms with Crippen LogP contribution < -0.4 is 15.5 Å². The van der Waals surface area contributed by atoms with Crippen LogP contribution in [-0.4, -0.2) is 45.8 Å². The van der Waals surface area contributed by atoms with E-state index in [9.17, 15) is 9.59 Å². The largest absolute Gasteiger partial charge is 0.353 e. The molecule has 2 heterocycles. The highest BCUT2D eigenvalue weighted by molar-refractivity contribution is 6.20. The maximum absolute atomic E-state index is 12.8. The number of hydrogen-bond donors (Lipinski definition) is 2. The van der Waals surface area contributed by atoms with E-state index in [0.717, 1.165) is 38.5 Å². The zero-order valence-electron chi connectivity index (χ0n) is 18.7. The molecule has 3 fully saturated rings. The third-order valence-corrected chi connectivity index (χ3v) is 7.15. The molecule has 2 saturated carbocycles. The number of piperidine rings is 1. The molecular formula is C23H34ClN5O2. The number of nitrogens with zero attached hydrogens (tertiary/aromatic N) is 3. The number of aromatic nitrogens is 2. The summed E-state index contributed by atoms with van der Waals surface area (Å²) in [5, 5.41) is 6.74. The lowest BCUT2D eigenvalue weighted by Crippen LogP contribution is -2.55. The number of anilines is 2. The molecule has 8 heteroatoms. The highest BCUT2D eigenvalue weighted by Crippen LogP contribution is 2.37. The van der Waals surface area contributed by atoms with Crippen LogP contribution >= 0.6 is 11.6 Å². The van der Waals surface area contributed by atoms with Crippen molar-refractivity contribution in [3.8, 4) is 0 Å². The average Bonchev–Trinajstić information content (AvgIpc) is 3.57. The summed E-state index contributed by atoms with van der Waals surface area (Å²) in [4.78, 5) is 36.4. The van der Waals surface area contributed by atoms with Gasteiger partial charge in [0.05, 0.1) is 5.92 Å². The molecule has 3 aliphatic rings. The maximum Gasteiger partial charge on any atom is 0.231 e. The smallest absolute Gasteiger partial charge is 0.231 e. The molecule has 0 bridgehead atoms. The van der Waals surface area contributed by atoms with Crippen molar-refractivity contribution in [1.29, 1.82) is 0 Å². The fraction of sp³-hybridized carbons (Fsp3) is 0.739. The van der Waals surface area contributed by atoms with E-state index >= 15 is 0 Å². The SMILES string of the molecule is CC(C)CN(C(=O)C1CC1)c1ccnc(N[C@@H](C)C2CC3CC(Cl)CCC3NC2=O)n1. The summed E-state index contributed by atoms with van der Waals surface area (Å²) in [6.07, 6.45) is 7.31. The number of amides is 2. The lowest BCUT2D eigenvalue weighted by molar-refractivity contribution is -0.130.